The molecule has 126 valence electrons. The molecule has 7 heteroatoms. The lowest BCUT2D eigenvalue weighted by Gasteiger charge is -2.03. The van der Waals surface area contributed by atoms with E-state index >= 15 is 0 Å². The minimum absolute atomic E-state index is 0.493. The van der Waals surface area contributed by atoms with E-state index < -0.39 is 10.1 Å². The van der Waals surface area contributed by atoms with Crippen molar-refractivity contribution in [3.05, 3.63) is 52.4 Å². The predicted octanol–water partition coefficient (Wildman–Crippen LogP) is 4.07. The first-order valence-electron chi connectivity index (χ1n) is 7.49. The van der Waals surface area contributed by atoms with Crippen LogP contribution in [0.15, 0.2) is 52.0 Å². The van der Waals surface area contributed by atoms with E-state index in [4.69, 9.17) is 0 Å². The van der Waals surface area contributed by atoms with Crippen LogP contribution in [0, 0.1) is 11.3 Å². The molecule has 0 radical (unpaired) electrons. The number of rotatable bonds is 6. The third-order valence-corrected chi connectivity index (χ3v) is 4.68. The molecule has 0 saturated heterocycles. The van der Waals surface area contributed by atoms with Gasteiger partial charge in [0.1, 0.15) is 11.1 Å². The van der Waals surface area contributed by atoms with Gasteiger partial charge in [0.15, 0.2) is 0 Å². The molecular weight excluding hydrogens is 344 g/mol. The maximum Gasteiger partial charge on any atom is 0.325 e. The second kappa shape index (κ2) is 8.18. The van der Waals surface area contributed by atoms with Crippen LogP contribution in [-0.2, 0) is 14.4 Å². The SMILES string of the molecule is CCCCC1=C/C(=C(/C#N)c2ccccc2)SC1=NOS(C)(=O)=O. The Bertz CT molecular complexity index is 832. The van der Waals surface area contributed by atoms with E-state index in [-0.39, 0.29) is 0 Å². The lowest BCUT2D eigenvalue weighted by atomic mass is 10.0. The number of oxime groups is 1. The van der Waals surface area contributed by atoms with E-state index in [0.29, 0.717) is 10.6 Å². The van der Waals surface area contributed by atoms with Crippen molar-refractivity contribution >= 4 is 32.5 Å². The average Bonchev–Trinajstić information content (AvgIpc) is 2.95. The van der Waals surface area contributed by atoms with Gasteiger partial charge in [-0.1, -0.05) is 60.6 Å². The molecule has 0 atom stereocenters. The van der Waals surface area contributed by atoms with Crippen LogP contribution in [0.1, 0.15) is 31.7 Å². The molecule has 0 saturated carbocycles. The van der Waals surface area contributed by atoms with Gasteiger partial charge in [-0.25, -0.2) is 0 Å². The highest BCUT2D eigenvalue weighted by Gasteiger charge is 2.23. The summed E-state index contributed by atoms with van der Waals surface area (Å²) in [5.74, 6) is 0. The Hall–Kier alpha value is -2.04. The summed E-state index contributed by atoms with van der Waals surface area (Å²) >= 11 is 1.26. The van der Waals surface area contributed by atoms with Crippen molar-refractivity contribution in [2.24, 2.45) is 5.16 Å². The van der Waals surface area contributed by atoms with Gasteiger partial charge in [-0.2, -0.15) is 13.7 Å². The lowest BCUT2D eigenvalue weighted by Crippen LogP contribution is -2.01. The molecule has 1 aliphatic rings. The molecule has 0 bridgehead atoms. The standard InChI is InChI=1S/C17H18N2O3S2/c1-3-4-8-14-11-16(23-17(14)19-22-24(2,20)21)15(12-18)13-9-6-5-7-10-13/h5-7,9-11H,3-4,8H2,1-2H3/b16-15+,19-17?. The Labute approximate surface area is 146 Å². The molecule has 1 aliphatic heterocycles. The summed E-state index contributed by atoms with van der Waals surface area (Å²) in [7, 11) is -3.66. The van der Waals surface area contributed by atoms with E-state index in [0.717, 1.165) is 41.6 Å². The summed E-state index contributed by atoms with van der Waals surface area (Å²) in [4.78, 5) is 0.755. The molecule has 0 aromatic heterocycles. The summed E-state index contributed by atoms with van der Waals surface area (Å²) < 4.78 is 26.9. The molecule has 1 aromatic carbocycles. The van der Waals surface area contributed by atoms with Crippen molar-refractivity contribution in [1.29, 1.82) is 5.26 Å². The molecule has 1 aromatic rings. The molecule has 0 fully saturated rings. The zero-order valence-electron chi connectivity index (χ0n) is 13.5. The summed E-state index contributed by atoms with van der Waals surface area (Å²) in [5, 5.41) is 13.8. The maximum absolute atomic E-state index is 11.2. The van der Waals surface area contributed by atoms with Crippen LogP contribution in [0.3, 0.4) is 0 Å². The quantitative estimate of drug-likeness (QED) is 0.563. The van der Waals surface area contributed by atoms with Gasteiger partial charge in [0, 0.05) is 4.91 Å². The molecule has 1 heterocycles. The van der Waals surface area contributed by atoms with Gasteiger partial charge < -0.3 is 0 Å². The molecule has 0 aliphatic carbocycles. The molecule has 0 N–H and O–H groups in total. The third kappa shape index (κ3) is 4.98. The number of allylic oxidation sites excluding steroid dienone is 2. The fourth-order valence-electron chi connectivity index (χ4n) is 2.13. The number of benzene rings is 1. The van der Waals surface area contributed by atoms with Crippen LogP contribution in [0.4, 0.5) is 0 Å². The summed E-state index contributed by atoms with van der Waals surface area (Å²) in [6.07, 6.45) is 5.56. The zero-order valence-corrected chi connectivity index (χ0v) is 15.2. The number of nitriles is 1. The van der Waals surface area contributed by atoms with Crippen LogP contribution in [0.5, 0.6) is 0 Å². The highest BCUT2D eigenvalue weighted by Crippen LogP contribution is 2.39. The number of hydrogen-bond donors (Lipinski definition) is 0. The maximum atomic E-state index is 11.2. The summed E-state index contributed by atoms with van der Waals surface area (Å²) in [6.45, 7) is 2.08. The Balaban J connectivity index is 2.41. The minimum atomic E-state index is -3.66. The van der Waals surface area contributed by atoms with Gasteiger partial charge >= 0.3 is 10.1 Å². The Morgan fingerprint density at radius 1 is 1.33 bits per heavy atom. The predicted molar refractivity (Wildman–Crippen MR) is 97.5 cm³/mol. The molecule has 5 nitrogen and oxygen atoms in total. The molecule has 24 heavy (non-hydrogen) atoms. The normalized spacial score (nSPS) is 18.2. The molecule has 0 spiro atoms. The van der Waals surface area contributed by atoms with Crippen molar-refractivity contribution in [1.82, 2.24) is 0 Å². The Kier molecular flexibility index (Phi) is 6.23. The van der Waals surface area contributed by atoms with Crippen molar-refractivity contribution in [2.45, 2.75) is 26.2 Å². The van der Waals surface area contributed by atoms with Crippen molar-refractivity contribution in [3.8, 4) is 6.07 Å². The second-order valence-electron chi connectivity index (χ2n) is 5.27. The summed E-state index contributed by atoms with van der Waals surface area (Å²) in [6, 6.07) is 11.6. The highest BCUT2D eigenvalue weighted by atomic mass is 32.2. The van der Waals surface area contributed by atoms with Gasteiger partial charge in [0.25, 0.3) is 0 Å². The van der Waals surface area contributed by atoms with E-state index in [1.807, 2.05) is 36.4 Å². The second-order valence-corrected chi connectivity index (χ2v) is 7.86. The molecule has 2 rings (SSSR count). The van der Waals surface area contributed by atoms with Gasteiger partial charge in [0.2, 0.25) is 0 Å². The largest absolute Gasteiger partial charge is 0.325 e. The van der Waals surface area contributed by atoms with Crippen molar-refractivity contribution < 1.29 is 12.7 Å². The molecule has 0 amide bonds. The van der Waals surface area contributed by atoms with Gasteiger partial charge in [-0.15, -0.1) is 0 Å². The first-order valence-corrected chi connectivity index (χ1v) is 10.1. The lowest BCUT2D eigenvalue weighted by molar-refractivity contribution is 0.344. The van der Waals surface area contributed by atoms with Gasteiger partial charge in [0.05, 0.1) is 11.8 Å². The number of thioether (sulfide) groups is 1. The monoisotopic (exact) mass is 362 g/mol. The highest BCUT2D eigenvalue weighted by molar-refractivity contribution is 8.18. The smallest absolute Gasteiger partial charge is 0.268 e. The fraction of sp³-hybridized carbons (Fsp3) is 0.294. The van der Waals surface area contributed by atoms with E-state index in [1.54, 1.807) is 0 Å². The van der Waals surface area contributed by atoms with Crippen LogP contribution in [0.2, 0.25) is 0 Å². The average molecular weight is 362 g/mol. The molecule has 0 unspecified atom stereocenters. The van der Waals surface area contributed by atoms with Crippen molar-refractivity contribution in [2.75, 3.05) is 6.26 Å². The fourth-order valence-corrected chi connectivity index (χ4v) is 3.43. The molecular formula is C17H18N2O3S2. The van der Waals surface area contributed by atoms with E-state index in [2.05, 4.69) is 22.4 Å². The minimum Gasteiger partial charge on any atom is -0.268 e. The van der Waals surface area contributed by atoms with Crippen LogP contribution in [0.25, 0.3) is 5.57 Å². The van der Waals surface area contributed by atoms with Crippen LogP contribution >= 0.6 is 11.8 Å². The number of hydrogen-bond acceptors (Lipinski definition) is 6. The van der Waals surface area contributed by atoms with Gasteiger partial charge in [-0.3, -0.25) is 4.28 Å². The van der Waals surface area contributed by atoms with E-state index in [1.165, 1.54) is 11.8 Å². The van der Waals surface area contributed by atoms with E-state index in [9.17, 15) is 13.7 Å². The topological polar surface area (TPSA) is 79.5 Å². The first-order chi connectivity index (χ1) is 11.4. The Morgan fingerprint density at radius 3 is 2.62 bits per heavy atom. The summed E-state index contributed by atoms with van der Waals surface area (Å²) in [5.41, 5.74) is 2.25. The number of unbranched alkanes of at least 4 members (excludes halogenated alkanes) is 1. The van der Waals surface area contributed by atoms with Crippen LogP contribution < -0.4 is 0 Å². The van der Waals surface area contributed by atoms with Crippen LogP contribution in [-0.4, -0.2) is 19.7 Å². The Morgan fingerprint density at radius 2 is 2.04 bits per heavy atom. The third-order valence-electron chi connectivity index (χ3n) is 3.26. The number of nitrogens with zero attached hydrogens (tertiary/aromatic N) is 2. The van der Waals surface area contributed by atoms with Crippen molar-refractivity contribution in [3.63, 3.8) is 0 Å². The van der Waals surface area contributed by atoms with Gasteiger partial charge in [-0.05, 0) is 30.1 Å². The first kappa shape index (κ1) is 18.3. The zero-order chi connectivity index (χ0) is 17.6.